The molecule has 7 nitrogen and oxygen atoms in total. The minimum atomic E-state index is -0.0885. The molecule has 0 saturated heterocycles. The van der Waals surface area contributed by atoms with Gasteiger partial charge >= 0.3 is 0 Å². The van der Waals surface area contributed by atoms with E-state index in [1.165, 1.54) is 10.4 Å². The molecule has 0 N–H and O–H groups in total. The highest BCUT2D eigenvalue weighted by Gasteiger charge is 2.42. The van der Waals surface area contributed by atoms with E-state index < -0.39 is 0 Å². The van der Waals surface area contributed by atoms with Crippen LogP contribution < -0.4 is 15.3 Å². The van der Waals surface area contributed by atoms with E-state index in [0.29, 0.717) is 23.5 Å². The normalized spacial score (nSPS) is 17.3. The molecule has 7 heteroatoms. The lowest BCUT2D eigenvalue weighted by atomic mass is 9.89. The van der Waals surface area contributed by atoms with E-state index in [0.717, 1.165) is 74.2 Å². The molecule has 8 aromatic rings. The van der Waals surface area contributed by atoms with Crippen LogP contribution in [0, 0.1) is 0 Å². The molecule has 0 amide bonds. The van der Waals surface area contributed by atoms with Gasteiger partial charge in [-0.2, -0.15) is 9.97 Å². The Hall–Kier alpha value is -6.60. The summed E-state index contributed by atoms with van der Waals surface area (Å²) in [6.07, 6.45) is 8.45. The Morgan fingerprint density at radius 2 is 1.33 bits per heavy atom. The summed E-state index contributed by atoms with van der Waals surface area (Å²) < 4.78 is 12.9. The molecule has 242 valence electrons. The van der Waals surface area contributed by atoms with Crippen LogP contribution in [0.1, 0.15) is 35.1 Å². The van der Waals surface area contributed by atoms with Gasteiger partial charge in [-0.15, -0.1) is 0 Å². The molecular formula is C44H29N5O2. The molecule has 0 radical (unpaired) electrons. The number of hydrogen-bond donors (Lipinski definition) is 0. The van der Waals surface area contributed by atoms with E-state index in [-0.39, 0.29) is 12.0 Å². The SMILES string of the molecule is C1=C(c2nc(-c3ccccc3)nc(N3c4c(ccc5nc(-c6ccccc6)oc45)C4C=c5ccccc5=CC43)n2)CCc2oc3ccccc3c21. The number of fused-ring (bicyclic) bond motifs is 9. The van der Waals surface area contributed by atoms with Gasteiger partial charge in [0.15, 0.2) is 17.2 Å². The van der Waals surface area contributed by atoms with Gasteiger partial charge in [0.1, 0.15) is 16.9 Å². The minimum Gasteiger partial charge on any atom is -0.460 e. The van der Waals surface area contributed by atoms with E-state index in [1.54, 1.807) is 0 Å². The molecule has 0 spiro atoms. The molecular weight excluding hydrogens is 631 g/mol. The van der Waals surface area contributed by atoms with Gasteiger partial charge < -0.3 is 8.83 Å². The highest BCUT2D eigenvalue weighted by atomic mass is 16.3. The summed E-state index contributed by atoms with van der Waals surface area (Å²) >= 11 is 0. The monoisotopic (exact) mass is 659 g/mol. The standard InChI is InChI=1S/C44H29N5O2/c1-3-11-26(12-4-1)41-46-42(30-19-22-38-34(24-30)31-17-9-10-18-37(31)50-38)48-44(47-41)49-36-25-29-16-8-7-15-28(29)23-33(36)32-20-21-35-40(39(32)49)51-43(45-35)27-13-5-2-6-14-27/h1-18,20-21,23-25,33,36H,19,22H2. The third-order valence-corrected chi connectivity index (χ3v) is 10.4. The van der Waals surface area contributed by atoms with Crippen LogP contribution in [-0.4, -0.2) is 26.0 Å². The maximum atomic E-state index is 6.69. The lowest BCUT2D eigenvalue weighted by Gasteiger charge is -2.27. The van der Waals surface area contributed by atoms with E-state index in [9.17, 15) is 0 Å². The van der Waals surface area contributed by atoms with Crippen LogP contribution in [-0.2, 0) is 6.42 Å². The van der Waals surface area contributed by atoms with Crippen LogP contribution >= 0.6 is 0 Å². The first-order valence-corrected chi connectivity index (χ1v) is 17.3. The van der Waals surface area contributed by atoms with Gasteiger partial charge in [-0.05, 0) is 58.3 Å². The molecule has 51 heavy (non-hydrogen) atoms. The topological polar surface area (TPSA) is 81.1 Å². The largest absolute Gasteiger partial charge is 0.460 e. The number of furan rings is 1. The highest BCUT2D eigenvalue weighted by molar-refractivity contribution is 5.98. The Bertz CT molecular complexity index is 2840. The Morgan fingerprint density at radius 1 is 0.608 bits per heavy atom. The number of anilines is 2. The first-order chi connectivity index (χ1) is 25.2. The second-order valence-electron chi connectivity index (χ2n) is 13.3. The van der Waals surface area contributed by atoms with Gasteiger partial charge in [0, 0.05) is 34.4 Å². The van der Waals surface area contributed by atoms with Crippen molar-refractivity contribution in [1.29, 1.82) is 0 Å². The summed E-state index contributed by atoms with van der Waals surface area (Å²) in [5, 5.41) is 3.50. The Kier molecular flexibility index (Phi) is 6.07. The number of benzene rings is 5. The van der Waals surface area contributed by atoms with Gasteiger partial charge in [0.05, 0.1) is 11.7 Å². The predicted octanol–water partition coefficient (Wildman–Crippen LogP) is 8.46. The number of rotatable bonds is 4. The van der Waals surface area contributed by atoms with Gasteiger partial charge in [0.2, 0.25) is 11.8 Å². The smallest absolute Gasteiger partial charge is 0.234 e. The third kappa shape index (κ3) is 4.44. The third-order valence-electron chi connectivity index (χ3n) is 10.4. The van der Waals surface area contributed by atoms with Crippen LogP contribution in [0.15, 0.2) is 130 Å². The zero-order chi connectivity index (χ0) is 33.5. The van der Waals surface area contributed by atoms with Crippen molar-refractivity contribution in [2.45, 2.75) is 24.8 Å². The van der Waals surface area contributed by atoms with E-state index >= 15 is 0 Å². The van der Waals surface area contributed by atoms with Gasteiger partial charge in [-0.3, -0.25) is 4.90 Å². The number of hydrogen-bond acceptors (Lipinski definition) is 7. The molecule has 3 aromatic heterocycles. The summed E-state index contributed by atoms with van der Waals surface area (Å²) in [5.74, 6) is 3.50. The molecule has 2 aliphatic carbocycles. The van der Waals surface area contributed by atoms with Crippen LogP contribution in [0.3, 0.4) is 0 Å². The van der Waals surface area contributed by atoms with E-state index in [4.69, 9.17) is 28.8 Å². The molecule has 11 rings (SSSR count). The maximum Gasteiger partial charge on any atom is 0.234 e. The van der Waals surface area contributed by atoms with Gasteiger partial charge in [0.25, 0.3) is 0 Å². The second-order valence-corrected chi connectivity index (χ2v) is 13.3. The summed E-state index contributed by atoms with van der Waals surface area (Å²) in [4.78, 5) is 22.9. The molecule has 5 aromatic carbocycles. The van der Waals surface area contributed by atoms with Gasteiger partial charge in [-0.1, -0.05) is 109 Å². The zero-order valence-corrected chi connectivity index (χ0v) is 27.4. The molecule has 1 aliphatic heterocycles. The molecule has 4 heterocycles. The lowest BCUT2D eigenvalue weighted by molar-refractivity contribution is 0.547. The fourth-order valence-corrected chi connectivity index (χ4v) is 7.96. The van der Waals surface area contributed by atoms with Crippen LogP contribution in [0.5, 0.6) is 0 Å². The molecule has 0 bridgehead atoms. The Balaban J connectivity index is 1.16. The first kappa shape index (κ1) is 28.3. The number of nitrogens with zero attached hydrogens (tertiary/aromatic N) is 5. The average Bonchev–Trinajstić information content (AvgIpc) is 3.89. The summed E-state index contributed by atoms with van der Waals surface area (Å²) in [6, 6.07) is 41.2. The molecule has 3 aliphatic rings. The van der Waals surface area contributed by atoms with E-state index in [2.05, 4.69) is 83.8 Å². The number of aromatic nitrogens is 4. The average molecular weight is 660 g/mol. The Labute approximate surface area is 292 Å². The summed E-state index contributed by atoms with van der Waals surface area (Å²) in [6.45, 7) is 0. The fraction of sp³-hybridized carbons (Fsp3) is 0.0909. The van der Waals surface area contributed by atoms with Gasteiger partial charge in [-0.25, -0.2) is 9.97 Å². The number of para-hydroxylation sites is 1. The van der Waals surface area contributed by atoms with Crippen LogP contribution in [0.4, 0.5) is 11.6 Å². The van der Waals surface area contributed by atoms with Crippen LogP contribution in [0.25, 0.3) is 68.7 Å². The first-order valence-electron chi connectivity index (χ1n) is 17.3. The number of oxazole rings is 1. The van der Waals surface area contributed by atoms with Crippen molar-refractivity contribution in [2.24, 2.45) is 0 Å². The van der Waals surface area contributed by atoms with Crippen molar-refractivity contribution in [3.8, 4) is 22.8 Å². The van der Waals surface area contributed by atoms with Crippen molar-refractivity contribution >= 4 is 57.5 Å². The number of aryl methyl sites for hydroxylation is 1. The quantitative estimate of drug-likeness (QED) is 0.188. The fourth-order valence-electron chi connectivity index (χ4n) is 7.96. The number of allylic oxidation sites excluding steroid dienone is 1. The van der Waals surface area contributed by atoms with Crippen molar-refractivity contribution in [3.05, 3.63) is 154 Å². The van der Waals surface area contributed by atoms with Crippen molar-refractivity contribution in [1.82, 2.24) is 19.9 Å². The second kappa shape index (κ2) is 11.0. The van der Waals surface area contributed by atoms with Crippen molar-refractivity contribution in [3.63, 3.8) is 0 Å². The maximum absolute atomic E-state index is 6.69. The molecule has 2 atom stereocenters. The van der Waals surface area contributed by atoms with Crippen molar-refractivity contribution < 1.29 is 8.83 Å². The van der Waals surface area contributed by atoms with E-state index in [1.807, 2.05) is 60.7 Å². The Morgan fingerprint density at radius 3 is 2.18 bits per heavy atom. The van der Waals surface area contributed by atoms with Crippen LogP contribution in [0.2, 0.25) is 0 Å². The highest BCUT2D eigenvalue weighted by Crippen LogP contribution is 2.50. The molecule has 0 saturated carbocycles. The minimum absolute atomic E-state index is 0.0544. The summed E-state index contributed by atoms with van der Waals surface area (Å²) in [7, 11) is 0. The zero-order valence-electron chi connectivity index (χ0n) is 27.4. The van der Waals surface area contributed by atoms with Crippen molar-refractivity contribution in [2.75, 3.05) is 4.90 Å². The lowest BCUT2D eigenvalue weighted by Crippen LogP contribution is -2.38. The molecule has 2 unspecified atom stereocenters. The summed E-state index contributed by atoms with van der Waals surface area (Å²) in [5.41, 5.74) is 8.53. The predicted molar refractivity (Wildman–Crippen MR) is 200 cm³/mol. The molecule has 0 fully saturated rings.